The van der Waals surface area contributed by atoms with Gasteiger partial charge in [0.15, 0.2) is 0 Å². The van der Waals surface area contributed by atoms with Crippen molar-refractivity contribution in [1.82, 2.24) is 21.1 Å². The molecule has 0 aromatic heterocycles. The number of phenolic OH excluding ortho intramolecular Hbond substituents is 1. The first-order valence-corrected chi connectivity index (χ1v) is 14.2. The molecule has 0 radical (unpaired) electrons. The average Bonchev–Trinajstić information content (AvgIpc) is 2.93. The number of allylic oxidation sites excluding steroid dienone is 3. The van der Waals surface area contributed by atoms with Crippen LogP contribution < -0.4 is 16.1 Å². The number of rotatable bonds is 3. The van der Waals surface area contributed by atoms with Crippen LogP contribution in [-0.4, -0.2) is 65.1 Å². The number of hydrazine groups is 1. The van der Waals surface area contributed by atoms with Gasteiger partial charge in [0.1, 0.15) is 23.9 Å². The number of aromatic hydroxyl groups is 1. The lowest BCUT2D eigenvalue weighted by molar-refractivity contribution is -0.153. The first-order valence-electron chi connectivity index (χ1n) is 14.2. The van der Waals surface area contributed by atoms with Gasteiger partial charge in [-0.05, 0) is 62.1 Å². The fourth-order valence-corrected chi connectivity index (χ4v) is 4.69. The number of carbonyl (C=O) groups is 4. The number of ether oxygens (including phenoxy) is 1. The Bertz CT molecular complexity index is 1090. The molecule has 40 heavy (non-hydrogen) atoms. The van der Waals surface area contributed by atoms with Crippen LogP contribution in [0.15, 0.2) is 48.6 Å². The van der Waals surface area contributed by atoms with Crippen LogP contribution in [0.25, 0.3) is 0 Å². The molecule has 1 aromatic rings. The summed E-state index contributed by atoms with van der Waals surface area (Å²) in [7, 11) is 0. The van der Waals surface area contributed by atoms with Crippen LogP contribution in [0.2, 0.25) is 0 Å². The SMILES string of the molecule is CC(C)[C@@H]1NC(=O)CCCCC=CC=CCCOC(=O)[C@@H]2CCCN(N2)C(=O)[C@H](Cc2cccc(O)c2)NC1=O. The van der Waals surface area contributed by atoms with Crippen molar-refractivity contribution in [3.05, 3.63) is 54.1 Å². The van der Waals surface area contributed by atoms with Gasteiger partial charge in [0.25, 0.3) is 5.91 Å². The summed E-state index contributed by atoms with van der Waals surface area (Å²) in [5.41, 5.74) is 3.64. The maximum Gasteiger partial charge on any atom is 0.324 e. The number of nitrogens with zero attached hydrogens (tertiary/aromatic N) is 1. The highest BCUT2D eigenvalue weighted by molar-refractivity contribution is 5.92. The number of esters is 1. The molecule has 2 aliphatic heterocycles. The van der Waals surface area contributed by atoms with Crippen LogP contribution in [0.3, 0.4) is 0 Å². The van der Waals surface area contributed by atoms with Gasteiger partial charge in [-0.25, -0.2) is 5.43 Å². The number of hydrogen-bond acceptors (Lipinski definition) is 7. The molecule has 2 aliphatic rings. The van der Waals surface area contributed by atoms with Gasteiger partial charge >= 0.3 is 5.97 Å². The molecule has 218 valence electrons. The maximum atomic E-state index is 13.7. The lowest BCUT2D eigenvalue weighted by atomic mass is 10.00. The summed E-state index contributed by atoms with van der Waals surface area (Å²) in [5.74, 6) is -1.69. The van der Waals surface area contributed by atoms with Crippen LogP contribution >= 0.6 is 0 Å². The van der Waals surface area contributed by atoms with E-state index in [-0.39, 0.29) is 30.6 Å². The van der Waals surface area contributed by atoms with E-state index in [1.165, 1.54) is 17.1 Å². The van der Waals surface area contributed by atoms with Crippen molar-refractivity contribution in [3.8, 4) is 5.75 Å². The molecule has 2 bridgehead atoms. The van der Waals surface area contributed by atoms with E-state index >= 15 is 0 Å². The second-order valence-corrected chi connectivity index (χ2v) is 10.6. The fraction of sp³-hybridized carbons (Fsp3) is 0.533. The van der Waals surface area contributed by atoms with Crippen LogP contribution in [-0.2, 0) is 30.3 Å². The summed E-state index contributed by atoms with van der Waals surface area (Å²) in [6.07, 6.45) is 12.2. The fourth-order valence-electron chi connectivity index (χ4n) is 4.69. The third kappa shape index (κ3) is 9.82. The molecule has 10 heteroatoms. The molecule has 4 N–H and O–H groups in total. The summed E-state index contributed by atoms with van der Waals surface area (Å²) in [6.45, 7) is 4.26. The molecule has 0 unspecified atom stereocenters. The van der Waals surface area contributed by atoms with Gasteiger partial charge in [-0.1, -0.05) is 50.3 Å². The lowest BCUT2D eigenvalue weighted by Gasteiger charge is -2.35. The van der Waals surface area contributed by atoms with E-state index in [2.05, 4.69) is 16.1 Å². The zero-order valence-corrected chi connectivity index (χ0v) is 23.4. The summed E-state index contributed by atoms with van der Waals surface area (Å²) in [5, 5.41) is 17.0. The Kier molecular flexibility index (Phi) is 12.2. The predicted octanol–water partition coefficient (Wildman–Crippen LogP) is 2.68. The highest BCUT2D eigenvalue weighted by atomic mass is 16.5. The molecular formula is C30H42N4O6. The van der Waals surface area contributed by atoms with Crippen LogP contribution in [0.1, 0.15) is 64.4 Å². The third-order valence-electron chi connectivity index (χ3n) is 6.90. The number of cyclic esters (lactones) is 1. The molecule has 0 spiro atoms. The lowest BCUT2D eigenvalue weighted by Crippen LogP contribution is -2.62. The minimum atomic E-state index is -0.996. The van der Waals surface area contributed by atoms with Crippen molar-refractivity contribution in [2.24, 2.45) is 5.92 Å². The number of benzene rings is 1. The number of phenols is 1. The summed E-state index contributed by atoms with van der Waals surface area (Å²) >= 11 is 0. The standard InChI is InChI=1S/C30H42N4O6/c1-21(2)27-28(37)31-25(20-22-13-11-14-23(35)19-22)29(38)34-17-12-15-24(33-34)30(39)40-18-10-8-6-4-3-5-7-9-16-26(36)32-27/h3-4,6,8,11,13-14,19,21,24-25,27,33,35H,5,7,9-10,12,15-18,20H2,1-2H3,(H,31,37)(H,32,36)/t24-,25-,27-/m0/s1. The molecule has 1 fully saturated rings. The Balaban J connectivity index is 1.83. The van der Waals surface area contributed by atoms with Gasteiger partial charge in [-0.2, -0.15) is 0 Å². The van der Waals surface area contributed by atoms with E-state index in [1.54, 1.807) is 12.1 Å². The van der Waals surface area contributed by atoms with Gasteiger partial charge in [-0.3, -0.25) is 24.2 Å². The molecule has 0 saturated carbocycles. The molecule has 3 amide bonds. The third-order valence-corrected chi connectivity index (χ3v) is 6.90. The van der Waals surface area contributed by atoms with Gasteiger partial charge in [0.2, 0.25) is 11.8 Å². The Labute approximate surface area is 236 Å². The topological polar surface area (TPSA) is 137 Å². The number of amides is 3. The van der Waals surface area contributed by atoms with Crippen LogP contribution in [0, 0.1) is 5.92 Å². The molecular weight excluding hydrogens is 512 g/mol. The molecule has 2 heterocycles. The minimum Gasteiger partial charge on any atom is -0.508 e. The Hall–Kier alpha value is -3.66. The predicted molar refractivity (Wildman–Crippen MR) is 151 cm³/mol. The van der Waals surface area contributed by atoms with E-state index in [1.807, 2.05) is 38.2 Å². The highest BCUT2D eigenvalue weighted by Gasteiger charge is 2.35. The molecule has 1 saturated heterocycles. The molecule has 3 rings (SSSR count). The first-order chi connectivity index (χ1) is 19.2. The van der Waals surface area contributed by atoms with Gasteiger partial charge in [0.05, 0.1) is 6.61 Å². The van der Waals surface area contributed by atoms with E-state index in [0.717, 1.165) is 12.8 Å². The molecule has 0 aliphatic carbocycles. The monoisotopic (exact) mass is 554 g/mol. The number of carbonyl (C=O) groups excluding carboxylic acids is 4. The smallest absolute Gasteiger partial charge is 0.324 e. The normalized spacial score (nSPS) is 24.5. The Morgan fingerprint density at radius 2 is 1.80 bits per heavy atom. The van der Waals surface area contributed by atoms with Gasteiger partial charge in [0, 0.05) is 19.4 Å². The zero-order chi connectivity index (χ0) is 28.9. The number of hydrogen-bond donors (Lipinski definition) is 4. The minimum absolute atomic E-state index is 0.0475. The molecule has 10 nitrogen and oxygen atoms in total. The summed E-state index contributed by atoms with van der Waals surface area (Å²) in [4.78, 5) is 52.5. The van der Waals surface area contributed by atoms with E-state index in [4.69, 9.17) is 4.74 Å². The Morgan fingerprint density at radius 1 is 1.02 bits per heavy atom. The second-order valence-electron chi connectivity index (χ2n) is 10.6. The van der Waals surface area contributed by atoms with E-state index in [0.29, 0.717) is 44.2 Å². The van der Waals surface area contributed by atoms with Crippen molar-refractivity contribution in [1.29, 1.82) is 0 Å². The van der Waals surface area contributed by atoms with Crippen molar-refractivity contribution >= 4 is 23.7 Å². The number of fused-ring (bicyclic) bond motifs is 2. The van der Waals surface area contributed by atoms with E-state index in [9.17, 15) is 24.3 Å². The highest BCUT2D eigenvalue weighted by Crippen LogP contribution is 2.16. The summed E-state index contributed by atoms with van der Waals surface area (Å²) < 4.78 is 5.43. The summed E-state index contributed by atoms with van der Waals surface area (Å²) in [6, 6.07) is 3.99. The van der Waals surface area contributed by atoms with E-state index < -0.39 is 35.9 Å². The number of nitrogens with one attached hydrogen (secondary N) is 3. The second kappa shape index (κ2) is 15.8. The molecule has 1 aromatic carbocycles. The Morgan fingerprint density at radius 3 is 2.55 bits per heavy atom. The van der Waals surface area contributed by atoms with Crippen LogP contribution in [0.5, 0.6) is 5.75 Å². The van der Waals surface area contributed by atoms with Crippen molar-refractivity contribution in [2.45, 2.75) is 83.3 Å². The van der Waals surface area contributed by atoms with Crippen LogP contribution in [0.4, 0.5) is 0 Å². The van der Waals surface area contributed by atoms with Gasteiger partial charge in [-0.15, -0.1) is 0 Å². The molecule has 3 atom stereocenters. The van der Waals surface area contributed by atoms with Gasteiger partial charge < -0.3 is 20.5 Å². The first kappa shape index (κ1) is 30.9. The average molecular weight is 555 g/mol. The maximum absolute atomic E-state index is 13.7. The zero-order valence-electron chi connectivity index (χ0n) is 23.4. The van der Waals surface area contributed by atoms with Crippen molar-refractivity contribution < 1.29 is 29.0 Å². The van der Waals surface area contributed by atoms with Crippen molar-refractivity contribution in [2.75, 3.05) is 13.2 Å². The largest absolute Gasteiger partial charge is 0.508 e. The van der Waals surface area contributed by atoms with Crippen molar-refractivity contribution in [3.63, 3.8) is 0 Å². The quantitative estimate of drug-likeness (QED) is 0.422.